The average molecular weight is 376 g/mol. The van der Waals surface area contributed by atoms with Crippen molar-refractivity contribution in [2.45, 2.75) is 25.9 Å². The minimum Gasteiger partial charge on any atom is -0.352 e. The van der Waals surface area contributed by atoms with Crippen molar-refractivity contribution in [2.24, 2.45) is 0 Å². The van der Waals surface area contributed by atoms with E-state index >= 15 is 0 Å². The number of sulfonamides is 1. The maximum atomic E-state index is 12.8. The van der Waals surface area contributed by atoms with Gasteiger partial charge in [0.2, 0.25) is 15.9 Å². The lowest BCUT2D eigenvalue weighted by Gasteiger charge is -2.28. The van der Waals surface area contributed by atoms with Gasteiger partial charge >= 0.3 is 0 Å². The lowest BCUT2D eigenvalue weighted by molar-refractivity contribution is -0.120. The molecule has 0 fully saturated rings. The molecule has 0 aromatic heterocycles. The van der Waals surface area contributed by atoms with Crippen LogP contribution in [0.15, 0.2) is 48.5 Å². The molecule has 0 saturated heterocycles. The predicted octanol–water partition coefficient (Wildman–Crippen LogP) is 2.22. The first-order valence-electron chi connectivity index (χ1n) is 8.50. The van der Waals surface area contributed by atoms with Crippen LogP contribution in [0.1, 0.15) is 23.1 Å². The molecule has 0 saturated carbocycles. The van der Waals surface area contributed by atoms with Gasteiger partial charge in [-0.25, -0.2) is 12.8 Å². The van der Waals surface area contributed by atoms with E-state index in [1.165, 1.54) is 22.0 Å². The molecule has 0 bridgehead atoms. The molecule has 1 heterocycles. The van der Waals surface area contributed by atoms with Crippen LogP contribution in [0.2, 0.25) is 0 Å². The molecule has 0 atom stereocenters. The molecular formula is C19H21FN2O3S. The fourth-order valence-electron chi connectivity index (χ4n) is 2.95. The zero-order chi connectivity index (χ0) is 18.6. The minimum atomic E-state index is -3.49. The summed E-state index contributed by atoms with van der Waals surface area (Å²) in [6.45, 7) is 1.04. The van der Waals surface area contributed by atoms with Crippen LogP contribution in [0.25, 0.3) is 0 Å². The van der Waals surface area contributed by atoms with Gasteiger partial charge in [0.15, 0.2) is 0 Å². The predicted molar refractivity (Wildman–Crippen MR) is 97.2 cm³/mol. The molecule has 2 aromatic rings. The number of nitrogens with zero attached hydrogens (tertiary/aromatic N) is 1. The van der Waals surface area contributed by atoms with Gasteiger partial charge in [0.1, 0.15) is 5.82 Å². The van der Waals surface area contributed by atoms with E-state index in [0.717, 1.165) is 11.1 Å². The highest BCUT2D eigenvalue weighted by Crippen LogP contribution is 2.21. The first-order chi connectivity index (χ1) is 12.4. The van der Waals surface area contributed by atoms with Crippen molar-refractivity contribution in [3.05, 3.63) is 71.0 Å². The summed E-state index contributed by atoms with van der Waals surface area (Å²) in [6.07, 6.45) is 0.591. The summed E-state index contributed by atoms with van der Waals surface area (Å²) in [7, 11) is -3.49. The van der Waals surface area contributed by atoms with Gasteiger partial charge in [0, 0.05) is 26.1 Å². The number of fused-ring (bicyclic) bond motifs is 1. The first-order valence-corrected chi connectivity index (χ1v) is 10.1. The molecule has 26 heavy (non-hydrogen) atoms. The molecule has 1 aliphatic heterocycles. The maximum Gasteiger partial charge on any atom is 0.221 e. The van der Waals surface area contributed by atoms with Crippen LogP contribution in [0, 0.1) is 5.82 Å². The molecule has 1 amide bonds. The van der Waals surface area contributed by atoms with Gasteiger partial charge in [0.25, 0.3) is 0 Å². The van der Waals surface area contributed by atoms with E-state index in [9.17, 15) is 17.6 Å². The maximum absolute atomic E-state index is 12.8. The average Bonchev–Trinajstić information content (AvgIpc) is 2.65. The molecule has 138 valence electrons. The van der Waals surface area contributed by atoms with E-state index in [1.807, 2.05) is 24.3 Å². The molecule has 5 nitrogen and oxygen atoms in total. The number of amides is 1. The number of carbonyl (C=O) groups excluding carboxylic acids is 1. The Morgan fingerprint density at radius 1 is 1.08 bits per heavy atom. The summed E-state index contributed by atoms with van der Waals surface area (Å²) in [5.74, 6) is -0.894. The van der Waals surface area contributed by atoms with E-state index < -0.39 is 10.0 Å². The van der Waals surface area contributed by atoms with Crippen LogP contribution in [0.5, 0.6) is 0 Å². The summed E-state index contributed by atoms with van der Waals surface area (Å²) in [5.41, 5.74) is 2.95. The third-order valence-corrected chi connectivity index (χ3v) is 6.30. The van der Waals surface area contributed by atoms with Crippen LogP contribution < -0.4 is 5.32 Å². The molecule has 7 heteroatoms. The summed E-state index contributed by atoms with van der Waals surface area (Å²) in [4.78, 5) is 11.9. The standard InChI is InChI=1S/C19H21FN2O3S/c20-18-7-5-15(6-8-18)13-21-19(23)10-12-26(24,25)22-11-9-16-3-1-2-4-17(16)14-22/h1-8H,9-14H2,(H,21,23). The molecule has 0 unspecified atom stereocenters. The SMILES string of the molecule is O=C(CCS(=O)(=O)N1CCc2ccccc2C1)NCc1ccc(F)cc1. The minimum absolute atomic E-state index is 0.0956. The third-order valence-electron chi connectivity index (χ3n) is 4.48. The monoisotopic (exact) mass is 376 g/mol. The fourth-order valence-corrected chi connectivity index (χ4v) is 4.36. The Labute approximate surface area is 152 Å². The summed E-state index contributed by atoms with van der Waals surface area (Å²) >= 11 is 0. The Hall–Kier alpha value is -2.25. The van der Waals surface area contributed by atoms with Gasteiger partial charge in [-0.3, -0.25) is 4.79 Å². The Bertz CT molecular complexity index is 882. The van der Waals surface area contributed by atoms with Gasteiger partial charge in [0.05, 0.1) is 5.75 Å². The van der Waals surface area contributed by atoms with Crippen molar-refractivity contribution < 1.29 is 17.6 Å². The lowest BCUT2D eigenvalue weighted by atomic mass is 10.0. The number of halogens is 1. The van der Waals surface area contributed by atoms with Gasteiger partial charge in [-0.1, -0.05) is 36.4 Å². The van der Waals surface area contributed by atoms with Gasteiger partial charge in [-0.15, -0.1) is 0 Å². The molecule has 0 aliphatic carbocycles. The number of rotatable bonds is 6. The molecule has 0 radical (unpaired) electrons. The van der Waals surface area contributed by atoms with E-state index in [-0.39, 0.29) is 30.4 Å². The van der Waals surface area contributed by atoms with Crippen molar-refractivity contribution in [3.63, 3.8) is 0 Å². The number of nitrogens with one attached hydrogen (secondary N) is 1. The fraction of sp³-hybridized carbons (Fsp3) is 0.316. The van der Waals surface area contributed by atoms with Crippen LogP contribution in [-0.2, 0) is 34.3 Å². The number of hydrogen-bond acceptors (Lipinski definition) is 3. The first kappa shape index (κ1) is 18.5. The smallest absolute Gasteiger partial charge is 0.221 e. The summed E-state index contributed by atoms with van der Waals surface area (Å²) < 4.78 is 39.3. The Balaban J connectivity index is 1.50. The van der Waals surface area contributed by atoms with E-state index in [1.54, 1.807) is 12.1 Å². The Kier molecular flexibility index (Phi) is 5.68. The van der Waals surface area contributed by atoms with Crippen molar-refractivity contribution in [1.29, 1.82) is 0 Å². The Morgan fingerprint density at radius 3 is 2.50 bits per heavy atom. The highest BCUT2D eigenvalue weighted by Gasteiger charge is 2.26. The lowest BCUT2D eigenvalue weighted by Crippen LogP contribution is -2.38. The third kappa shape index (κ3) is 4.68. The van der Waals surface area contributed by atoms with Crippen LogP contribution in [-0.4, -0.2) is 30.9 Å². The van der Waals surface area contributed by atoms with Gasteiger partial charge in [-0.2, -0.15) is 4.31 Å². The topological polar surface area (TPSA) is 66.5 Å². The molecule has 3 rings (SSSR count). The number of hydrogen-bond donors (Lipinski definition) is 1. The van der Waals surface area contributed by atoms with Crippen LogP contribution in [0.4, 0.5) is 4.39 Å². The Morgan fingerprint density at radius 2 is 1.77 bits per heavy atom. The largest absolute Gasteiger partial charge is 0.352 e. The molecule has 1 aliphatic rings. The van der Waals surface area contributed by atoms with Gasteiger partial charge in [-0.05, 0) is 35.2 Å². The highest BCUT2D eigenvalue weighted by molar-refractivity contribution is 7.89. The second-order valence-electron chi connectivity index (χ2n) is 6.32. The van der Waals surface area contributed by atoms with Crippen molar-refractivity contribution in [2.75, 3.05) is 12.3 Å². The summed E-state index contributed by atoms with van der Waals surface area (Å²) in [5, 5.41) is 2.67. The molecular weight excluding hydrogens is 355 g/mol. The van der Waals surface area contributed by atoms with E-state index in [4.69, 9.17) is 0 Å². The number of benzene rings is 2. The van der Waals surface area contributed by atoms with Crippen molar-refractivity contribution in [1.82, 2.24) is 9.62 Å². The second kappa shape index (κ2) is 7.97. The van der Waals surface area contributed by atoms with E-state index in [0.29, 0.717) is 19.5 Å². The van der Waals surface area contributed by atoms with Crippen molar-refractivity contribution >= 4 is 15.9 Å². The normalized spacial score (nSPS) is 14.7. The highest BCUT2D eigenvalue weighted by atomic mass is 32.2. The van der Waals surface area contributed by atoms with Gasteiger partial charge < -0.3 is 5.32 Å². The summed E-state index contributed by atoms with van der Waals surface area (Å²) in [6, 6.07) is 13.6. The van der Waals surface area contributed by atoms with Crippen LogP contribution in [0.3, 0.4) is 0 Å². The molecule has 1 N–H and O–H groups in total. The molecule has 2 aromatic carbocycles. The van der Waals surface area contributed by atoms with Crippen molar-refractivity contribution in [3.8, 4) is 0 Å². The van der Waals surface area contributed by atoms with E-state index in [2.05, 4.69) is 5.32 Å². The molecule has 0 spiro atoms. The zero-order valence-electron chi connectivity index (χ0n) is 14.3. The van der Waals surface area contributed by atoms with Crippen LogP contribution >= 0.6 is 0 Å². The quantitative estimate of drug-likeness (QED) is 0.841. The number of carbonyl (C=O) groups is 1. The zero-order valence-corrected chi connectivity index (χ0v) is 15.1. The second-order valence-corrected chi connectivity index (χ2v) is 8.41.